The number of hydrogen-bond acceptors (Lipinski definition) is 7. The molecule has 9 nitrogen and oxygen atoms in total. The van der Waals surface area contributed by atoms with Crippen LogP contribution in [0.1, 0.15) is 45.6 Å². The lowest BCUT2D eigenvalue weighted by Crippen LogP contribution is -2.39. The summed E-state index contributed by atoms with van der Waals surface area (Å²) in [5.74, 6) is -2.59. The molecular formula is C27H34N2O7. The topological polar surface area (TPSA) is 135 Å². The number of nitrogens with one attached hydrogen (secondary N) is 2. The molecule has 0 aliphatic rings. The van der Waals surface area contributed by atoms with Crippen molar-refractivity contribution in [3.05, 3.63) is 60.2 Å². The summed E-state index contributed by atoms with van der Waals surface area (Å²) in [6.07, 6.45) is -1.15. The average Bonchev–Trinajstić information content (AvgIpc) is 2.83. The molecule has 0 bridgehead atoms. The number of aliphatic carboxylic acids is 1. The van der Waals surface area contributed by atoms with Crippen molar-refractivity contribution < 1.29 is 33.7 Å². The van der Waals surface area contributed by atoms with Gasteiger partial charge in [-0.15, -0.1) is 0 Å². The van der Waals surface area contributed by atoms with E-state index in [4.69, 9.17) is 24.7 Å². The molecule has 2 aromatic carbocycles. The Balaban J connectivity index is 2.05. The van der Waals surface area contributed by atoms with Gasteiger partial charge in [-0.05, 0) is 36.5 Å². The molecule has 3 N–H and O–H groups in total. The van der Waals surface area contributed by atoms with Gasteiger partial charge in [-0.3, -0.25) is 14.4 Å². The van der Waals surface area contributed by atoms with Crippen LogP contribution in [0.25, 0.3) is 11.1 Å². The third kappa shape index (κ3) is 10.2. The first-order chi connectivity index (χ1) is 17.2. The van der Waals surface area contributed by atoms with Gasteiger partial charge in [0.1, 0.15) is 0 Å². The first-order valence-corrected chi connectivity index (χ1v) is 11.9. The summed E-state index contributed by atoms with van der Waals surface area (Å²) in [5.41, 5.74) is 3.11. The Kier molecular flexibility index (Phi) is 11.4. The Morgan fingerprint density at radius 1 is 0.944 bits per heavy atom. The van der Waals surface area contributed by atoms with Crippen LogP contribution in [-0.2, 0) is 35.0 Å². The number of carboxylic acids is 1. The molecule has 0 fully saturated rings. The monoisotopic (exact) mass is 498 g/mol. The normalized spacial score (nSPS) is 13.1. The largest absolute Gasteiger partial charge is 0.481 e. The molecule has 0 saturated heterocycles. The molecule has 2 aromatic rings. The summed E-state index contributed by atoms with van der Waals surface area (Å²) in [6.45, 7) is 5.12. The second-order valence-electron chi connectivity index (χ2n) is 8.40. The Hall–Kier alpha value is -3.88. The van der Waals surface area contributed by atoms with E-state index in [2.05, 4.69) is 5.32 Å². The third-order valence-corrected chi connectivity index (χ3v) is 5.35. The summed E-state index contributed by atoms with van der Waals surface area (Å²) < 4.78 is 15.2. The fourth-order valence-electron chi connectivity index (χ4n) is 3.60. The maximum absolute atomic E-state index is 12.6. The first-order valence-electron chi connectivity index (χ1n) is 11.9. The lowest BCUT2D eigenvalue weighted by atomic mass is 9.94. The van der Waals surface area contributed by atoms with Gasteiger partial charge in [0.25, 0.3) is 0 Å². The van der Waals surface area contributed by atoms with Crippen LogP contribution in [0.3, 0.4) is 0 Å². The summed E-state index contributed by atoms with van der Waals surface area (Å²) in [6, 6.07) is 17.5. The fraction of sp³-hybridized carbons (Fsp3) is 0.407. The molecule has 3 unspecified atom stereocenters. The van der Waals surface area contributed by atoms with E-state index < -0.39 is 42.2 Å². The third-order valence-electron chi connectivity index (χ3n) is 5.35. The Morgan fingerprint density at radius 3 is 2.19 bits per heavy atom. The van der Waals surface area contributed by atoms with Gasteiger partial charge in [-0.1, -0.05) is 61.5 Å². The van der Waals surface area contributed by atoms with Crippen LogP contribution >= 0.6 is 0 Å². The molecule has 0 aliphatic carbocycles. The Bertz CT molecular complexity index is 1010. The van der Waals surface area contributed by atoms with Gasteiger partial charge in [-0.2, -0.15) is 0 Å². The lowest BCUT2D eigenvalue weighted by Gasteiger charge is -2.23. The highest BCUT2D eigenvalue weighted by Crippen LogP contribution is 2.21. The number of hydrogen-bond donors (Lipinski definition) is 3. The second kappa shape index (κ2) is 14.5. The van der Waals surface area contributed by atoms with E-state index in [-0.39, 0.29) is 25.9 Å². The van der Waals surface area contributed by atoms with Gasteiger partial charge in [0.05, 0.1) is 18.9 Å². The zero-order valence-corrected chi connectivity index (χ0v) is 20.9. The molecule has 3 atom stereocenters. The van der Waals surface area contributed by atoms with E-state index in [9.17, 15) is 14.4 Å². The van der Waals surface area contributed by atoms with Gasteiger partial charge in [0.2, 0.25) is 12.2 Å². The van der Waals surface area contributed by atoms with Crippen molar-refractivity contribution in [1.82, 2.24) is 5.32 Å². The van der Waals surface area contributed by atoms with Crippen LogP contribution in [0.2, 0.25) is 0 Å². The number of ether oxygens (including phenoxy) is 3. The van der Waals surface area contributed by atoms with Crippen molar-refractivity contribution >= 4 is 23.9 Å². The maximum atomic E-state index is 12.6. The predicted molar refractivity (Wildman–Crippen MR) is 134 cm³/mol. The first kappa shape index (κ1) is 28.4. The van der Waals surface area contributed by atoms with Crippen LogP contribution < -0.4 is 5.32 Å². The molecule has 0 saturated carbocycles. The Morgan fingerprint density at radius 2 is 1.58 bits per heavy atom. The van der Waals surface area contributed by atoms with Gasteiger partial charge >= 0.3 is 18.0 Å². The van der Waals surface area contributed by atoms with Crippen molar-refractivity contribution in [3.63, 3.8) is 0 Å². The summed E-state index contributed by atoms with van der Waals surface area (Å²) >= 11 is 0. The highest BCUT2D eigenvalue weighted by atomic mass is 16.8. The van der Waals surface area contributed by atoms with E-state index in [1.54, 1.807) is 13.8 Å². The van der Waals surface area contributed by atoms with E-state index in [1.165, 1.54) is 6.92 Å². The zero-order valence-electron chi connectivity index (χ0n) is 20.9. The van der Waals surface area contributed by atoms with Crippen LogP contribution in [0.5, 0.6) is 0 Å². The summed E-state index contributed by atoms with van der Waals surface area (Å²) in [5, 5.41) is 19.2. The number of esters is 1. The molecule has 0 spiro atoms. The van der Waals surface area contributed by atoms with Gasteiger partial charge in [-0.25, -0.2) is 5.41 Å². The molecule has 0 radical (unpaired) electrons. The number of amides is 1. The number of rotatable bonds is 13. The van der Waals surface area contributed by atoms with Crippen LogP contribution in [0.4, 0.5) is 0 Å². The molecular weight excluding hydrogens is 464 g/mol. The van der Waals surface area contributed by atoms with Crippen LogP contribution in [0, 0.1) is 11.3 Å². The smallest absolute Gasteiger partial charge is 0.383 e. The van der Waals surface area contributed by atoms with Crippen molar-refractivity contribution in [3.8, 4) is 11.1 Å². The maximum Gasteiger partial charge on any atom is 0.383 e. The van der Waals surface area contributed by atoms with E-state index >= 15 is 0 Å². The molecule has 194 valence electrons. The minimum Gasteiger partial charge on any atom is -0.481 e. The molecule has 0 heterocycles. The molecule has 2 rings (SSSR count). The standard InChI is InChI=1S/C27H34N2O7/c1-4-34-27(28)36-19(3)35-26(33)18(2)16-23(29-24(30)14-15-25(31)32)17-20-10-12-22(13-11-20)21-8-6-5-7-9-21/h5-13,18-19,23,28H,4,14-17H2,1-3H3,(H,29,30)(H,31,32). The van der Waals surface area contributed by atoms with Gasteiger partial charge in [0.15, 0.2) is 0 Å². The van der Waals surface area contributed by atoms with Crippen molar-refractivity contribution in [2.75, 3.05) is 6.61 Å². The summed E-state index contributed by atoms with van der Waals surface area (Å²) in [7, 11) is 0. The predicted octanol–water partition coefficient (Wildman–Crippen LogP) is 4.15. The molecule has 0 aromatic heterocycles. The number of carboxylic acid groups (broad SMARTS) is 1. The van der Waals surface area contributed by atoms with Gasteiger partial charge < -0.3 is 24.6 Å². The molecule has 36 heavy (non-hydrogen) atoms. The molecule has 1 amide bonds. The Labute approximate surface area is 211 Å². The number of carbonyl (C=O) groups is 3. The van der Waals surface area contributed by atoms with Crippen LogP contribution in [-0.4, -0.2) is 48.0 Å². The minimum absolute atomic E-state index is 0.151. The van der Waals surface area contributed by atoms with Crippen molar-refractivity contribution in [2.45, 2.75) is 58.8 Å². The van der Waals surface area contributed by atoms with E-state index in [0.29, 0.717) is 6.42 Å². The van der Waals surface area contributed by atoms with Crippen molar-refractivity contribution in [2.24, 2.45) is 5.92 Å². The number of benzene rings is 2. The molecule has 9 heteroatoms. The quantitative estimate of drug-likeness (QED) is 0.163. The van der Waals surface area contributed by atoms with Gasteiger partial charge in [0, 0.05) is 19.4 Å². The summed E-state index contributed by atoms with van der Waals surface area (Å²) in [4.78, 5) is 35.8. The highest BCUT2D eigenvalue weighted by molar-refractivity contribution is 5.81. The number of carbonyl (C=O) groups excluding carboxylic acids is 2. The highest BCUT2D eigenvalue weighted by Gasteiger charge is 2.24. The van der Waals surface area contributed by atoms with Crippen molar-refractivity contribution in [1.29, 1.82) is 5.41 Å². The SMILES string of the molecule is CCOC(=N)OC(C)OC(=O)C(C)CC(Cc1ccc(-c2ccccc2)cc1)NC(=O)CCC(=O)O. The fourth-order valence-corrected chi connectivity index (χ4v) is 3.60. The van der Waals surface area contributed by atoms with E-state index in [0.717, 1.165) is 16.7 Å². The van der Waals surface area contributed by atoms with Crippen LogP contribution in [0.15, 0.2) is 54.6 Å². The zero-order chi connectivity index (χ0) is 26.5. The van der Waals surface area contributed by atoms with E-state index in [1.807, 2.05) is 54.6 Å². The molecule has 0 aliphatic heterocycles. The second-order valence-corrected chi connectivity index (χ2v) is 8.40. The minimum atomic E-state index is -1.05. The average molecular weight is 499 g/mol. The lowest BCUT2D eigenvalue weighted by molar-refractivity contribution is -0.169.